The molecule has 0 aliphatic rings. The van der Waals surface area contributed by atoms with E-state index in [1.165, 1.54) is 38.5 Å². The summed E-state index contributed by atoms with van der Waals surface area (Å²) in [6.45, 7) is 5.06. The van der Waals surface area contributed by atoms with Gasteiger partial charge in [-0.25, -0.2) is 0 Å². The molecular formula is C14H29NO2. The van der Waals surface area contributed by atoms with Crippen molar-refractivity contribution >= 4 is 5.97 Å². The number of aliphatic carboxylic acids is 1. The van der Waals surface area contributed by atoms with Crippen molar-refractivity contribution in [2.45, 2.75) is 71.3 Å². The zero-order valence-corrected chi connectivity index (χ0v) is 11.7. The smallest absolute Gasteiger partial charge is 0.320 e. The third-order valence-electron chi connectivity index (χ3n) is 3.32. The first-order valence-electron chi connectivity index (χ1n) is 7.06. The molecule has 0 aromatic heterocycles. The minimum atomic E-state index is -0.696. The number of carboxylic acids is 1. The molecule has 0 rings (SSSR count). The highest BCUT2D eigenvalue weighted by Gasteiger charge is 2.19. The summed E-state index contributed by atoms with van der Waals surface area (Å²) >= 11 is 0. The summed E-state index contributed by atoms with van der Waals surface area (Å²) in [5.74, 6) is -0.696. The van der Waals surface area contributed by atoms with Gasteiger partial charge < -0.3 is 5.11 Å². The van der Waals surface area contributed by atoms with Gasteiger partial charge in [0.05, 0.1) is 0 Å². The van der Waals surface area contributed by atoms with E-state index in [0.717, 1.165) is 13.0 Å². The number of hydrogen-bond donors (Lipinski definition) is 1. The van der Waals surface area contributed by atoms with Crippen LogP contribution in [0, 0.1) is 0 Å². The molecule has 0 aromatic rings. The third kappa shape index (κ3) is 8.19. The van der Waals surface area contributed by atoms with Gasteiger partial charge in [0.1, 0.15) is 6.04 Å². The monoisotopic (exact) mass is 243 g/mol. The van der Waals surface area contributed by atoms with Crippen molar-refractivity contribution in [2.75, 3.05) is 13.6 Å². The number of carbonyl (C=O) groups is 1. The van der Waals surface area contributed by atoms with Crippen LogP contribution in [-0.2, 0) is 4.79 Å². The van der Waals surface area contributed by atoms with E-state index < -0.39 is 5.97 Å². The first-order chi connectivity index (χ1) is 8.13. The summed E-state index contributed by atoms with van der Waals surface area (Å²) in [6, 6.07) is -0.310. The number of rotatable bonds is 11. The van der Waals surface area contributed by atoms with Crippen molar-refractivity contribution in [3.05, 3.63) is 0 Å². The molecule has 17 heavy (non-hydrogen) atoms. The number of unbranched alkanes of at least 4 members (excludes halogenated alkanes) is 6. The summed E-state index contributed by atoms with van der Waals surface area (Å²) < 4.78 is 0. The number of likely N-dealkylation sites (N-methyl/N-ethyl adjacent to an activating group) is 1. The lowest BCUT2D eigenvalue weighted by molar-refractivity contribution is -0.142. The summed E-state index contributed by atoms with van der Waals surface area (Å²) in [7, 11) is 1.92. The maximum Gasteiger partial charge on any atom is 0.320 e. The fraction of sp³-hybridized carbons (Fsp3) is 0.929. The third-order valence-corrected chi connectivity index (χ3v) is 3.32. The van der Waals surface area contributed by atoms with Crippen molar-refractivity contribution in [1.82, 2.24) is 4.90 Å². The van der Waals surface area contributed by atoms with Crippen molar-refractivity contribution in [1.29, 1.82) is 0 Å². The summed E-state index contributed by atoms with van der Waals surface area (Å²) in [5.41, 5.74) is 0. The Kier molecular flexibility index (Phi) is 10.2. The Morgan fingerprint density at radius 1 is 1.06 bits per heavy atom. The van der Waals surface area contributed by atoms with E-state index in [-0.39, 0.29) is 6.04 Å². The van der Waals surface area contributed by atoms with Crippen LogP contribution in [0.25, 0.3) is 0 Å². The Morgan fingerprint density at radius 3 is 2.06 bits per heavy atom. The zero-order chi connectivity index (χ0) is 13.1. The van der Waals surface area contributed by atoms with E-state index >= 15 is 0 Å². The average molecular weight is 243 g/mol. The first kappa shape index (κ1) is 16.4. The molecule has 0 radical (unpaired) electrons. The van der Waals surface area contributed by atoms with Crippen molar-refractivity contribution in [3.8, 4) is 0 Å². The standard InChI is InChI=1S/C14H29NO2/c1-4-6-7-8-9-10-11-12-15(3)13(5-2)14(16)17/h13H,4-12H2,1-3H3,(H,16,17). The van der Waals surface area contributed by atoms with Gasteiger partial charge in [-0.2, -0.15) is 0 Å². The van der Waals surface area contributed by atoms with Crippen LogP contribution in [0.3, 0.4) is 0 Å². The van der Waals surface area contributed by atoms with Crippen molar-refractivity contribution < 1.29 is 9.90 Å². The molecular weight excluding hydrogens is 214 g/mol. The molecule has 102 valence electrons. The Morgan fingerprint density at radius 2 is 1.59 bits per heavy atom. The molecule has 0 amide bonds. The molecule has 0 heterocycles. The molecule has 0 spiro atoms. The lowest BCUT2D eigenvalue weighted by Gasteiger charge is -2.23. The van der Waals surface area contributed by atoms with Gasteiger partial charge in [-0.15, -0.1) is 0 Å². The van der Waals surface area contributed by atoms with Gasteiger partial charge in [-0.05, 0) is 26.4 Å². The number of carboxylic acid groups (broad SMARTS) is 1. The van der Waals surface area contributed by atoms with Gasteiger partial charge in [0, 0.05) is 0 Å². The molecule has 1 atom stereocenters. The molecule has 0 saturated heterocycles. The van der Waals surface area contributed by atoms with E-state index in [4.69, 9.17) is 5.11 Å². The SMILES string of the molecule is CCCCCCCCCN(C)C(CC)C(=O)O. The molecule has 0 aliphatic heterocycles. The summed E-state index contributed by atoms with van der Waals surface area (Å²) in [4.78, 5) is 12.9. The number of hydrogen-bond acceptors (Lipinski definition) is 2. The molecule has 0 aromatic carbocycles. The van der Waals surface area contributed by atoms with Gasteiger partial charge >= 0.3 is 5.97 Å². The van der Waals surface area contributed by atoms with E-state index in [2.05, 4.69) is 6.92 Å². The summed E-state index contributed by atoms with van der Waals surface area (Å²) in [6.07, 6.45) is 9.62. The fourth-order valence-corrected chi connectivity index (χ4v) is 2.15. The van der Waals surface area contributed by atoms with Crippen molar-refractivity contribution in [2.24, 2.45) is 0 Å². The Balaban J connectivity index is 3.50. The second-order valence-corrected chi connectivity index (χ2v) is 4.86. The maximum atomic E-state index is 10.9. The zero-order valence-electron chi connectivity index (χ0n) is 11.7. The van der Waals surface area contributed by atoms with Gasteiger partial charge in [0.15, 0.2) is 0 Å². The van der Waals surface area contributed by atoms with Gasteiger partial charge in [-0.1, -0.05) is 52.4 Å². The topological polar surface area (TPSA) is 40.5 Å². The minimum absolute atomic E-state index is 0.310. The van der Waals surface area contributed by atoms with Crippen LogP contribution in [0.15, 0.2) is 0 Å². The van der Waals surface area contributed by atoms with Crippen LogP contribution in [0.5, 0.6) is 0 Å². The van der Waals surface area contributed by atoms with E-state index in [0.29, 0.717) is 6.42 Å². The lowest BCUT2D eigenvalue weighted by Crippen LogP contribution is -2.38. The summed E-state index contributed by atoms with van der Waals surface area (Å²) in [5, 5.41) is 9.00. The van der Waals surface area contributed by atoms with Crippen molar-refractivity contribution in [3.63, 3.8) is 0 Å². The largest absolute Gasteiger partial charge is 0.480 e. The number of nitrogens with zero attached hydrogens (tertiary/aromatic N) is 1. The molecule has 0 saturated carbocycles. The first-order valence-corrected chi connectivity index (χ1v) is 7.06. The maximum absolute atomic E-state index is 10.9. The van der Waals surface area contributed by atoms with Gasteiger partial charge in [-0.3, -0.25) is 9.69 Å². The van der Waals surface area contributed by atoms with Crippen LogP contribution in [-0.4, -0.2) is 35.6 Å². The Hall–Kier alpha value is -0.570. The molecule has 1 N–H and O–H groups in total. The van der Waals surface area contributed by atoms with Crippen LogP contribution >= 0.6 is 0 Å². The van der Waals surface area contributed by atoms with Gasteiger partial charge in [0.2, 0.25) is 0 Å². The lowest BCUT2D eigenvalue weighted by atomic mass is 10.1. The normalized spacial score (nSPS) is 12.9. The van der Waals surface area contributed by atoms with Crippen LogP contribution < -0.4 is 0 Å². The van der Waals surface area contributed by atoms with Crippen LogP contribution in [0.4, 0.5) is 0 Å². The van der Waals surface area contributed by atoms with E-state index in [1.807, 2.05) is 18.9 Å². The highest BCUT2D eigenvalue weighted by Crippen LogP contribution is 2.09. The molecule has 3 heteroatoms. The predicted molar refractivity (Wildman–Crippen MR) is 72.3 cm³/mol. The highest BCUT2D eigenvalue weighted by molar-refractivity contribution is 5.73. The van der Waals surface area contributed by atoms with E-state index in [9.17, 15) is 4.79 Å². The minimum Gasteiger partial charge on any atom is -0.480 e. The molecule has 0 aliphatic carbocycles. The van der Waals surface area contributed by atoms with E-state index in [1.54, 1.807) is 0 Å². The molecule has 0 bridgehead atoms. The second-order valence-electron chi connectivity index (χ2n) is 4.86. The molecule has 3 nitrogen and oxygen atoms in total. The highest BCUT2D eigenvalue weighted by atomic mass is 16.4. The second kappa shape index (κ2) is 10.6. The molecule has 1 unspecified atom stereocenters. The fourth-order valence-electron chi connectivity index (χ4n) is 2.15. The predicted octanol–water partition coefficient (Wildman–Crippen LogP) is 3.53. The Bertz CT molecular complexity index is 195. The quantitative estimate of drug-likeness (QED) is 0.564. The average Bonchev–Trinajstić information content (AvgIpc) is 2.28. The van der Waals surface area contributed by atoms with Crippen LogP contribution in [0.1, 0.15) is 65.2 Å². The van der Waals surface area contributed by atoms with Gasteiger partial charge in [0.25, 0.3) is 0 Å². The van der Waals surface area contributed by atoms with Crippen LogP contribution in [0.2, 0.25) is 0 Å². The molecule has 0 fully saturated rings. The Labute approximate surface area is 106 Å².